The zero-order valence-electron chi connectivity index (χ0n) is 13.4. The zero-order chi connectivity index (χ0) is 16.2. The third kappa shape index (κ3) is 3.27. The van der Waals surface area contributed by atoms with Gasteiger partial charge in [-0.05, 0) is 37.1 Å². The van der Waals surface area contributed by atoms with Gasteiger partial charge < -0.3 is 10.4 Å². The van der Waals surface area contributed by atoms with Crippen molar-refractivity contribution in [2.24, 2.45) is 0 Å². The molecular formula is C19H21N3O. The molecule has 0 saturated carbocycles. The minimum Gasteiger partial charge on any atom is -0.392 e. The summed E-state index contributed by atoms with van der Waals surface area (Å²) in [5, 5.41) is 17.3. The van der Waals surface area contributed by atoms with E-state index in [2.05, 4.69) is 30.3 Å². The summed E-state index contributed by atoms with van der Waals surface area (Å²) in [7, 11) is 0. The Bertz CT molecular complexity index is 780. The molecule has 0 spiro atoms. The highest BCUT2D eigenvalue weighted by Crippen LogP contribution is 2.24. The van der Waals surface area contributed by atoms with Crippen molar-refractivity contribution >= 4 is 5.69 Å². The Morgan fingerprint density at radius 3 is 2.65 bits per heavy atom. The lowest BCUT2D eigenvalue weighted by molar-refractivity contribution is 0.281. The molecule has 0 aliphatic rings. The fraction of sp³-hybridized carbons (Fsp3) is 0.211. The molecule has 0 amide bonds. The summed E-state index contributed by atoms with van der Waals surface area (Å²) in [5.74, 6) is 0. The van der Waals surface area contributed by atoms with Gasteiger partial charge in [-0.2, -0.15) is 5.10 Å². The number of nitrogens with zero attached hydrogens (tertiary/aromatic N) is 2. The molecule has 0 radical (unpaired) electrons. The number of nitrogens with one attached hydrogen (secondary N) is 1. The Labute approximate surface area is 136 Å². The average molecular weight is 307 g/mol. The molecule has 2 aromatic carbocycles. The van der Waals surface area contributed by atoms with Crippen LogP contribution < -0.4 is 5.32 Å². The van der Waals surface area contributed by atoms with E-state index >= 15 is 0 Å². The minimum absolute atomic E-state index is 0.0610. The summed E-state index contributed by atoms with van der Waals surface area (Å²) in [6, 6.07) is 18.2. The van der Waals surface area contributed by atoms with Crippen LogP contribution in [0.2, 0.25) is 0 Å². The van der Waals surface area contributed by atoms with Crippen molar-refractivity contribution in [1.82, 2.24) is 9.78 Å². The van der Waals surface area contributed by atoms with Gasteiger partial charge in [-0.25, -0.2) is 4.68 Å². The van der Waals surface area contributed by atoms with E-state index in [-0.39, 0.29) is 12.6 Å². The molecule has 0 bridgehead atoms. The summed E-state index contributed by atoms with van der Waals surface area (Å²) in [6.07, 6.45) is 1.86. The van der Waals surface area contributed by atoms with Gasteiger partial charge in [-0.15, -0.1) is 0 Å². The van der Waals surface area contributed by atoms with Gasteiger partial charge in [0.1, 0.15) is 0 Å². The lowest BCUT2D eigenvalue weighted by Gasteiger charge is -2.16. The Morgan fingerprint density at radius 1 is 1.13 bits per heavy atom. The topological polar surface area (TPSA) is 50.1 Å². The molecule has 1 atom stereocenters. The van der Waals surface area contributed by atoms with Gasteiger partial charge >= 0.3 is 0 Å². The Balaban J connectivity index is 1.82. The van der Waals surface area contributed by atoms with Crippen LogP contribution >= 0.6 is 0 Å². The standard InChI is InChI=1S/C19H21N3O/c1-14(17-8-6-7-16(11-17)13-23)21-19-12-20-22(15(19)2)18-9-4-3-5-10-18/h3-12,14,21,23H,13H2,1-2H3. The maximum absolute atomic E-state index is 9.27. The Hall–Kier alpha value is -2.59. The fourth-order valence-corrected chi connectivity index (χ4v) is 2.66. The molecule has 3 aromatic rings. The number of aliphatic hydroxyl groups is 1. The minimum atomic E-state index is 0.0610. The van der Waals surface area contributed by atoms with Crippen LogP contribution in [0.25, 0.3) is 5.69 Å². The van der Waals surface area contributed by atoms with Crippen LogP contribution in [0.15, 0.2) is 60.8 Å². The first-order chi connectivity index (χ1) is 11.2. The maximum Gasteiger partial charge on any atom is 0.0765 e. The van der Waals surface area contributed by atoms with E-state index in [1.807, 2.05) is 59.4 Å². The van der Waals surface area contributed by atoms with Gasteiger partial charge in [-0.1, -0.05) is 42.5 Å². The number of benzene rings is 2. The quantitative estimate of drug-likeness (QED) is 0.753. The van der Waals surface area contributed by atoms with E-state index in [4.69, 9.17) is 0 Å². The molecule has 118 valence electrons. The Kier molecular flexibility index (Phi) is 4.44. The Morgan fingerprint density at radius 2 is 1.91 bits per heavy atom. The van der Waals surface area contributed by atoms with Crippen LogP contribution in [0.1, 0.15) is 29.8 Å². The monoisotopic (exact) mass is 307 g/mol. The summed E-state index contributed by atoms with van der Waals surface area (Å²) < 4.78 is 1.93. The number of aromatic nitrogens is 2. The zero-order valence-corrected chi connectivity index (χ0v) is 13.4. The second-order valence-corrected chi connectivity index (χ2v) is 5.66. The van der Waals surface area contributed by atoms with Crippen molar-refractivity contribution in [1.29, 1.82) is 0 Å². The van der Waals surface area contributed by atoms with Crippen molar-refractivity contribution in [3.8, 4) is 5.69 Å². The highest BCUT2D eigenvalue weighted by Gasteiger charge is 2.12. The molecule has 0 aliphatic carbocycles. The summed E-state index contributed by atoms with van der Waals surface area (Å²) in [4.78, 5) is 0. The van der Waals surface area contributed by atoms with Gasteiger partial charge in [-0.3, -0.25) is 0 Å². The molecule has 3 rings (SSSR count). The van der Waals surface area contributed by atoms with Crippen molar-refractivity contribution < 1.29 is 5.11 Å². The molecule has 4 nitrogen and oxygen atoms in total. The molecular weight excluding hydrogens is 286 g/mol. The molecule has 0 fully saturated rings. The van der Waals surface area contributed by atoms with Gasteiger partial charge in [0.25, 0.3) is 0 Å². The van der Waals surface area contributed by atoms with Crippen LogP contribution in [-0.2, 0) is 6.61 Å². The maximum atomic E-state index is 9.27. The first-order valence-corrected chi connectivity index (χ1v) is 7.75. The third-order valence-corrected chi connectivity index (χ3v) is 4.02. The van der Waals surface area contributed by atoms with Crippen LogP contribution in [0.4, 0.5) is 5.69 Å². The molecule has 4 heteroatoms. The van der Waals surface area contributed by atoms with Crippen LogP contribution in [0.5, 0.6) is 0 Å². The lowest BCUT2D eigenvalue weighted by Crippen LogP contribution is -2.08. The number of rotatable bonds is 5. The second kappa shape index (κ2) is 6.67. The highest BCUT2D eigenvalue weighted by molar-refractivity contribution is 5.51. The predicted octanol–water partition coefficient (Wildman–Crippen LogP) is 3.85. The average Bonchev–Trinajstić information content (AvgIpc) is 2.96. The molecule has 0 saturated heterocycles. The van der Waals surface area contributed by atoms with Gasteiger partial charge in [0.15, 0.2) is 0 Å². The van der Waals surface area contributed by atoms with Gasteiger partial charge in [0, 0.05) is 6.04 Å². The summed E-state index contributed by atoms with van der Waals surface area (Å²) in [5.41, 5.74) is 5.20. The molecule has 23 heavy (non-hydrogen) atoms. The predicted molar refractivity (Wildman–Crippen MR) is 92.7 cm³/mol. The van der Waals surface area contributed by atoms with E-state index in [0.29, 0.717) is 0 Å². The molecule has 1 unspecified atom stereocenters. The molecule has 1 aromatic heterocycles. The normalized spacial score (nSPS) is 12.1. The lowest BCUT2D eigenvalue weighted by atomic mass is 10.1. The largest absolute Gasteiger partial charge is 0.392 e. The van der Waals surface area contributed by atoms with E-state index in [0.717, 1.165) is 28.2 Å². The van der Waals surface area contributed by atoms with Crippen LogP contribution in [-0.4, -0.2) is 14.9 Å². The molecule has 0 aliphatic heterocycles. The number of hydrogen-bond donors (Lipinski definition) is 2. The third-order valence-electron chi connectivity index (χ3n) is 4.02. The first kappa shape index (κ1) is 15.3. The summed E-state index contributed by atoms with van der Waals surface area (Å²) in [6.45, 7) is 4.22. The second-order valence-electron chi connectivity index (χ2n) is 5.66. The SMILES string of the molecule is Cc1c(NC(C)c2cccc(CO)c2)cnn1-c1ccccc1. The number of aliphatic hydroxyl groups excluding tert-OH is 1. The van der Waals surface area contributed by atoms with E-state index in [1.54, 1.807) is 0 Å². The number of para-hydroxylation sites is 1. The summed E-state index contributed by atoms with van der Waals surface area (Å²) >= 11 is 0. The highest BCUT2D eigenvalue weighted by atomic mass is 16.3. The van der Waals surface area contributed by atoms with Crippen molar-refractivity contribution in [3.05, 3.63) is 77.6 Å². The van der Waals surface area contributed by atoms with Crippen LogP contribution in [0.3, 0.4) is 0 Å². The molecule has 1 heterocycles. The fourth-order valence-electron chi connectivity index (χ4n) is 2.66. The van der Waals surface area contributed by atoms with Crippen LogP contribution in [0, 0.1) is 6.92 Å². The number of hydrogen-bond acceptors (Lipinski definition) is 3. The van der Waals surface area contributed by atoms with Crippen molar-refractivity contribution in [2.75, 3.05) is 5.32 Å². The van der Waals surface area contributed by atoms with Gasteiger partial charge in [0.05, 0.1) is 29.9 Å². The van der Waals surface area contributed by atoms with E-state index < -0.39 is 0 Å². The molecule has 2 N–H and O–H groups in total. The van der Waals surface area contributed by atoms with Crippen molar-refractivity contribution in [3.63, 3.8) is 0 Å². The van der Waals surface area contributed by atoms with Crippen molar-refractivity contribution in [2.45, 2.75) is 26.5 Å². The smallest absolute Gasteiger partial charge is 0.0765 e. The van der Waals surface area contributed by atoms with E-state index in [9.17, 15) is 5.11 Å². The van der Waals surface area contributed by atoms with E-state index in [1.165, 1.54) is 0 Å². The first-order valence-electron chi connectivity index (χ1n) is 7.75. The van der Waals surface area contributed by atoms with Gasteiger partial charge in [0.2, 0.25) is 0 Å². The number of anilines is 1.